The number of anilines is 1. The van der Waals surface area contributed by atoms with Gasteiger partial charge >= 0.3 is 0 Å². The van der Waals surface area contributed by atoms with Gasteiger partial charge in [-0.25, -0.2) is 8.42 Å². The highest BCUT2D eigenvalue weighted by atomic mass is 32.2. The number of nitrogens with zero attached hydrogens (tertiary/aromatic N) is 1. The quantitative estimate of drug-likeness (QED) is 0.170. The average molecular weight is 686 g/mol. The van der Waals surface area contributed by atoms with E-state index in [1.165, 1.54) is 12.1 Å². The third kappa shape index (κ3) is 9.20. The van der Waals surface area contributed by atoms with Crippen LogP contribution in [0, 0.1) is 6.92 Å². The fraction of sp³-hybridized carbons (Fsp3) is 0.342. The lowest BCUT2D eigenvalue weighted by atomic mass is 9.99. The molecule has 5 unspecified atom stereocenters. The first-order valence-corrected chi connectivity index (χ1v) is 18.1. The van der Waals surface area contributed by atoms with Gasteiger partial charge in [-0.2, -0.15) is 4.72 Å². The average Bonchev–Trinajstić information content (AvgIpc) is 3.52. The van der Waals surface area contributed by atoms with Crippen LogP contribution in [0.4, 0.5) is 5.69 Å². The molecular formula is C38H43N3O7S. The molecule has 10 nitrogen and oxygen atoms in total. The van der Waals surface area contributed by atoms with Gasteiger partial charge < -0.3 is 25.0 Å². The van der Waals surface area contributed by atoms with Crippen molar-refractivity contribution in [1.29, 1.82) is 0 Å². The normalized spacial score (nSPS) is 22.1. The maximum Gasteiger partial charge on any atom is 0.242 e. The maximum absolute atomic E-state index is 13.6. The highest BCUT2D eigenvalue weighted by molar-refractivity contribution is 7.89. The van der Waals surface area contributed by atoms with Crippen LogP contribution < -0.4 is 10.0 Å². The zero-order valence-corrected chi connectivity index (χ0v) is 28.3. The molecule has 6 rings (SSSR count). The van der Waals surface area contributed by atoms with Gasteiger partial charge in [0.05, 0.1) is 29.8 Å². The van der Waals surface area contributed by atoms with Crippen LogP contribution in [0.2, 0.25) is 0 Å². The SMILES string of the molecule is Cc1ccc(S(=O)(=O)NC(Cc2ccccc2)C(=O)Nc2ccc(C3OC(CN4CCC(O)C4)CC(c4ccc(CO)cc4)O3)cc2)cc1. The molecule has 0 saturated carbocycles. The summed E-state index contributed by atoms with van der Waals surface area (Å²) in [5, 5.41) is 22.4. The number of carbonyl (C=O) groups is 1. The van der Waals surface area contributed by atoms with E-state index < -0.39 is 28.3 Å². The number of aliphatic hydroxyl groups is 2. The molecule has 5 atom stereocenters. The van der Waals surface area contributed by atoms with E-state index in [0.717, 1.165) is 40.8 Å². The van der Waals surface area contributed by atoms with Crippen LogP contribution in [-0.4, -0.2) is 67.3 Å². The van der Waals surface area contributed by atoms with E-state index in [1.807, 2.05) is 73.7 Å². The standard InChI is InChI=1S/C38H43N3O7S/c1-26-7-17-34(18-8-26)49(45,46)40-35(21-27-5-3-2-4-6-27)37(44)39-31-15-13-30(14-16-31)38-47-33(24-41-20-19-32(43)23-41)22-36(48-38)29-11-9-28(25-42)10-12-29/h2-18,32-33,35-36,38,40,42-43H,19-25H2,1H3,(H,39,44). The van der Waals surface area contributed by atoms with E-state index >= 15 is 0 Å². The Kier molecular flexibility index (Phi) is 11.2. The molecule has 0 aromatic heterocycles. The van der Waals surface area contributed by atoms with Gasteiger partial charge in [0.2, 0.25) is 15.9 Å². The Hall–Kier alpha value is -3.94. The fourth-order valence-electron chi connectivity index (χ4n) is 6.26. The number of aryl methyl sites for hydroxylation is 1. The first kappa shape index (κ1) is 34.9. The van der Waals surface area contributed by atoms with Crippen molar-refractivity contribution in [2.75, 3.05) is 25.0 Å². The van der Waals surface area contributed by atoms with Crippen LogP contribution in [-0.2, 0) is 37.3 Å². The number of likely N-dealkylation sites (tertiary alicyclic amines) is 1. The van der Waals surface area contributed by atoms with Gasteiger partial charge in [0, 0.05) is 37.3 Å². The van der Waals surface area contributed by atoms with Crippen molar-refractivity contribution in [2.45, 2.75) is 68.3 Å². The van der Waals surface area contributed by atoms with Crippen LogP contribution in [0.5, 0.6) is 0 Å². The molecule has 49 heavy (non-hydrogen) atoms. The van der Waals surface area contributed by atoms with E-state index in [0.29, 0.717) is 25.2 Å². The number of hydrogen-bond donors (Lipinski definition) is 4. The van der Waals surface area contributed by atoms with Gasteiger partial charge in [0.25, 0.3) is 0 Å². The Morgan fingerprint density at radius 3 is 2.24 bits per heavy atom. The van der Waals surface area contributed by atoms with Crippen LogP contribution in [0.1, 0.15) is 53.1 Å². The van der Waals surface area contributed by atoms with Crippen molar-refractivity contribution in [3.63, 3.8) is 0 Å². The predicted octanol–water partition coefficient (Wildman–Crippen LogP) is 4.63. The summed E-state index contributed by atoms with van der Waals surface area (Å²) in [7, 11) is -3.98. The maximum atomic E-state index is 13.6. The summed E-state index contributed by atoms with van der Waals surface area (Å²) in [5.74, 6) is -0.489. The Morgan fingerprint density at radius 2 is 1.59 bits per heavy atom. The largest absolute Gasteiger partial charge is 0.392 e. The van der Waals surface area contributed by atoms with Gasteiger partial charge in [-0.3, -0.25) is 9.69 Å². The number of aliphatic hydroxyl groups excluding tert-OH is 2. The highest BCUT2D eigenvalue weighted by Gasteiger charge is 2.34. The van der Waals surface area contributed by atoms with Gasteiger partial charge in [-0.15, -0.1) is 0 Å². The Labute approximate surface area is 287 Å². The van der Waals surface area contributed by atoms with Crippen LogP contribution in [0.25, 0.3) is 0 Å². The number of sulfonamides is 1. The van der Waals surface area contributed by atoms with E-state index in [9.17, 15) is 23.4 Å². The number of carbonyl (C=O) groups excluding carboxylic acids is 1. The fourth-order valence-corrected chi connectivity index (χ4v) is 7.46. The number of amides is 1. The minimum absolute atomic E-state index is 0.0358. The molecule has 4 N–H and O–H groups in total. The van der Waals surface area contributed by atoms with Crippen molar-refractivity contribution in [2.24, 2.45) is 0 Å². The number of ether oxygens (including phenoxy) is 2. The molecule has 4 aromatic rings. The number of hydrogen-bond acceptors (Lipinski definition) is 8. The monoisotopic (exact) mass is 685 g/mol. The third-order valence-corrected chi connectivity index (χ3v) is 10.5. The topological polar surface area (TPSA) is 137 Å². The molecule has 2 saturated heterocycles. The Bertz CT molecular complexity index is 1790. The number of nitrogens with one attached hydrogen (secondary N) is 2. The molecule has 2 aliphatic rings. The molecule has 0 radical (unpaired) electrons. The number of benzene rings is 4. The molecule has 258 valence electrons. The molecule has 0 aliphatic carbocycles. The van der Waals surface area contributed by atoms with Crippen molar-refractivity contribution in [3.05, 3.63) is 131 Å². The highest BCUT2D eigenvalue weighted by Crippen LogP contribution is 2.38. The Balaban J connectivity index is 1.17. The van der Waals surface area contributed by atoms with E-state index in [2.05, 4.69) is 14.9 Å². The summed E-state index contributed by atoms with van der Waals surface area (Å²) in [6.07, 6.45) is 0.143. The molecule has 11 heteroatoms. The van der Waals surface area contributed by atoms with Crippen molar-refractivity contribution >= 4 is 21.6 Å². The molecule has 2 fully saturated rings. The lowest BCUT2D eigenvalue weighted by molar-refractivity contribution is -0.252. The summed E-state index contributed by atoms with van der Waals surface area (Å²) in [6, 6.07) is 29.6. The van der Waals surface area contributed by atoms with E-state index in [-0.39, 0.29) is 36.2 Å². The predicted molar refractivity (Wildman–Crippen MR) is 186 cm³/mol. The zero-order valence-electron chi connectivity index (χ0n) is 27.4. The van der Waals surface area contributed by atoms with Gasteiger partial charge in [0.15, 0.2) is 6.29 Å². The van der Waals surface area contributed by atoms with Crippen LogP contribution >= 0.6 is 0 Å². The number of rotatable bonds is 12. The lowest BCUT2D eigenvalue weighted by Crippen LogP contribution is -2.45. The second-order valence-electron chi connectivity index (χ2n) is 12.8. The zero-order chi connectivity index (χ0) is 34.4. The summed E-state index contributed by atoms with van der Waals surface area (Å²) in [5.41, 5.74) is 4.81. The second kappa shape index (κ2) is 15.7. The van der Waals surface area contributed by atoms with Gasteiger partial charge in [-0.1, -0.05) is 84.4 Å². The van der Waals surface area contributed by atoms with Gasteiger partial charge in [-0.05, 0) is 60.7 Å². The van der Waals surface area contributed by atoms with E-state index in [4.69, 9.17) is 9.47 Å². The lowest BCUT2D eigenvalue weighted by Gasteiger charge is -2.37. The molecule has 4 aromatic carbocycles. The van der Waals surface area contributed by atoms with Gasteiger partial charge in [0.1, 0.15) is 6.04 Å². The Morgan fingerprint density at radius 1 is 0.898 bits per heavy atom. The smallest absolute Gasteiger partial charge is 0.242 e. The summed E-state index contributed by atoms with van der Waals surface area (Å²) in [6.45, 7) is 3.93. The third-order valence-electron chi connectivity index (χ3n) is 9.00. The molecule has 0 bridgehead atoms. The minimum atomic E-state index is -3.98. The second-order valence-corrected chi connectivity index (χ2v) is 14.6. The molecule has 0 spiro atoms. The van der Waals surface area contributed by atoms with E-state index in [1.54, 1.807) is 24.3 Å². The molecule has 1 amide bonds. The molecule has 2 heterocycles. The first-order chi connectivity index (χ1) is 23.6. The van der Waals surface area contributed by atoms with Crippen molar-refractivity contribution in [1.82, 2.24) is 9.62 Å². The van der Waals surface area contributed by atoms with Crippen LogP contribution in [0.15, 0.2) is 108 Å². The number of β-amino-alcohol motifs (C(OH)–C–C–N with tert-alkyl or cyclic N) is 1. The van der Waals surface area contributed by atoms with Crippen LogP contribution in [0.3, 0.4) is 0 Å². The summed E-state index contributed by atoms with van der Waals surface area (Å²) >= 11 is 0. The summed E-state index contributed by atoms with van der Waals surface area (Å²) in [4.78, 5) is 15.9. The first-order valence-electron chi connectivity index (χ1n) is 16.6. The summed E-state index contributed by atoms with van der Waals surface area (Å²) < 4.78 is 42.1. The molecule has 2 aliphatic heterocycles. The van der Waals surface area contributed by atoms with Crippen molar-refractivity contribution in [3.8, 4) is 0 Å². The van der Waals surface area contributed by atoms with Crippen molar-refractivity contribution < 1.29 is 32.9 Å². The minimum Gasteiger partial charge on any atom is -0.392 e. The molecular weight excluding hydrogens is 642 g/mol.